The van der Waals surface area contributed by atoms with Crippen molar-refractivity contribution in [3.8, 4) is 0 Å². The Bertz CT molecular complexity index is 923. The molecule has 1 unspecified atom stereocenters. The molecule has 0 bridgehead atoms. The average Bonchev–Trinajstić information content (AvgIpc) is 3.33. The van der Waals surface area contributed by atoms with Gasteiger partial charge >= 0.3 is 6.18 Å². The molecular weight excluding hydrogens is 447 g/mol. The molecule has 0 radical (unpaired) electrons. The van der Waals surface area contributed by atoms with Crippen LogP contribution in [0.1, 0.15) is 102 Å². The van der Waals surface area contributed by atoms with E-state index in [2.05, 4.69) is 24.1 Å². The van der Waals surface area contributed by atoms with Gasteiger partial charge in [-0.1, -0.05) is 39.3 Å². The molecule has 0 saturated heterocycles. The first-order valence-corrected chi connectivity index (χ1v) is 14.0. The van der Waals surface area contributed by atoms with E-state index in [1.807, 2.05) is 13.8 Å². The summed E-state index contributed by atoms with van der Waals surface area (Å²) in [6.07, 6.45) is 13.2. The van der Waals surface area contributed by atoms with Gasteiger partial charge in [0.2, 0.25) is 0 Å². The minimum absolute atomic E-state index is 0.150. The van der Waals surface area contributed by atoms with E-state index in [-0.39, 0.29) is 11.3 Å². The lowest BCUT2D eigenvalue weighted by atomic mass is 9.68. The maximum Gasteiger partial charge on any atom is 0.417 e. The summed E-state index contributed by atoms with van der Waals surface area (Å²) >= 11 is 0. The van der Waals surface area contributed by atoms with Crippen LogP contribution in [-0.4, -0.2) is 10.8 Å². The second-order valence-electron chi connectivity index (χ2n) is 11.4. The first kappa shape index (κ1) is 26.4. The Labute approximate surface area is 209 Å². The summed E-state index contributed by atoms with van der Waals surface area (Å²) in [5.41, 5.74) is 0.468. The highest BCUT2D eigenvalue weighted by atomic mass is 19.4. The molecular formula is C30H42F3NO. The molecule has 1 aromatic heterocycles. The summed E-state index contributed by atoms with van der Waals surface area (Å²) < 4.78 is 39.6. The number of halogens is 3. The van der Waals surface area contributed by atoms with Gasteiger partial charge in [-0.3, -0.25) is 9.78 Å². The summed E-state index contributed by atoms with van der Waals surface area (Å²) in [5.74, 6) is 2.77. The van der Waals surface area contributed by atoms with Crippen LogP contribution in [0.3, 0.4) is 0 Å². The molecule has 2 nitrogen and oxygen atoms in total. The Balaban J connectivity index is 0.00000141. The summed E-state index contributed by atoms with van der Waals surface area (Å²) in [7, 11) is 0. The van der Waals surface area contributed by atoms with Crippen LogP contribution in [0, 0.1) is 35.0 Å². The molecule has 5 heteroatoms. The van der Waals surface area contributed by atoms with Crippen molar-refractivity contribution in [3.05, 3.63) is 41.2 Å². The van der Waals surface area contributed by atoms with E-state index in [9.17, 15) is 18.0 Å². The number of hydrogen-bond donors (Lipinski definition) is 0. The molecule has 0 spiro atoms. The fraction of sp³-hybridized carbons (Fsp3) is 0.733. The number of alkyl halides is 3. The predicted molar refractivity (Wildman–Crippen MR) is 134 cm³/mol. The number of ketones is 1. The fourth-order valence-electron chi connectivity index (χ4n) is 7.76. The largest absolute Gasteiger partial charge is 0.417 e. The number of rotatable bonds is 4. The summed E-state index contributed by atoms with van der Waals surface area (Å²) in [6.45, 7) is 6.37. The van der Waals surface area contributed by atoms with E-state index >= 15 is 0 Å². The number of aromatic nitrogens is 1. The number of hydrogen-bond acceptors (Lipinski definition) is 2. The van der Waals surface area contributed by atoms with Crippen LogP contribution in [0.5, 0.6) is 0 Å². The van der Waals surface area contributed by atoms with E-state index in [4.69, 9.17) is 0 Å². The number of nitrogens with zero attached hydrogens (tertiary/aromatic N) is 1. The number of Topliss-reactive ketones (excluding diaryl/α,β-unsaturated/α-hetero) is 1. The number of aryl methyl sites for hydroxylation is 1. The van der Waals surface area contributed by atoms with E-state index < -0.39 is 11.7 Å². The molecule has 0 amide bonds. The van der Waals surface area contributed by atoms with Crippen LogP contribution in [0.4, 0.5) is 13.2 Å². The highest BCUT2D eigenvalue weighted by Crippen LogP contribution is 2.60. The molecule has 0 aliphatic heterocycles. The molecule has 0 aromatic carbocycles. The zero-order valence-electron chi connectivity index (χ0n) is 21.7. The Hall–Kier alpha value is -1.65. The van der Waals surface area contributed by atoms with E-state index in [1.165, 1.54) is 38.2 Å². The Morgan fingerprint density at radius 3 is 2.74 bits per heavy atom. The second-order valence-corrected chi connectivity index (χ2v) is 11.4. The van der Waals surface area contributed by atoms with Gasteiger partial charge < -0.3 is 0 Å². The van der Waals surface area contributed by atoms with Gasteiger partial charge in [0, 0.05) is 23.2 Å². The lowest BCUT2D eigenvalue weighted by Gasteiger charge is -2.34. The van der Waals surface area contributed by atoms with Gasteiger partial charge in [0.25, 0.3) is 0 Å². The number of carbonyl (C=O) groups is 1. The van der Waals surface area contributed by atoms with E-state index in [1.54, 1.807) is 0 Å². The second kappa shape index (κ2) is 10.8. The third kappa shape index (κ3) is 5.39. The standard InChI is InChI=1S/C28H36F3NO.C2H6/c1-18-6-3-2-4-7-20(18)12-19-13-23-8-5-11-27(23,16-19)26(33)21-9-10-25-22(14-21)15-24(17-32-25)28(29,30)31;1-2/h2-3,15,17-21,23H,4-14,16H2,1H3;1-2H3/t18-,19-,20+,21?,23-,27-;/m1./s1. The van der Waals surface area contributed by atoms with Crippen molar-refractivity contribution >= 4 is 5.78 Å². The third-order valence-corrected chi connectivity index (χ3v) is 9.49. The topological polar surface area (TPSA) is 30.0 Å². The summed E-state index contributed by atoms with van der Waals surface area (Å²) in [6, 6.07) is 1.24. The van der Waals surface area contributed by atoms with E-state index in [0.29, 0.717) is 41.9 Å². The summed E-state index contributed by atoms with van der Waals surface area (Å²) in [4.78, 5) is 18.1. The van der Waals surface area contributed by atoms with Crippen molar-refractivity contribution in [3.63, 3.8) is 0 Å². The number of carbonyl (C=O) groups excluding carboxylic acids is 1. The number of fused-ring (bicyclic) bond motifs is 2. The lowest BCUT2D eigenvalue weighted by Crippen LogP contribution is -2.38. The predicted octanol–water partition coefficient (Wildman–Crippen LogP) is 8.38. The number of allylic oxidation sites excluding steroid dienone is 2. The molecule has 1 aromatic rings. The highest BCUT2D eigenvalue weighted by Gasteiger charge is 2.56. The Kier molecular flexibility index (Phi) is 8.12. The van der Waals surface area contributed by atoms with Crippen molar-refractivity contribution in [2.24, 2.45) is 35.0 Å². The van der Waals surface area contributed by atoms with Gasteiger partial charge in [0.1, 0.15) is 5.78 Å². The molecule has 6 atom stereocenters. The third-order valence-electron chi connectivity index (χ3n) is 9.49. The highest BCUT2D eigenvalue weighted by molar-refractivity contribution is 5.88. The Morgan fingerprint density at radius 1 is 1.17 bits per heavy atom. The van der Waals surface area contributed by atoms with Crippen molar-refractivity contribution < 1.29 is 18.0 Å². The molecule has 2 saturated carbocycles. The van der Waals surface area contributed by atoms with Gasteiger partial charge in [-0.25, -0.2) is 0 Å². The van der Waals surface area contributed by atoms with Crippen LogP contribution < -0.4 is 0 Å². The van der Waals surface area contributed by atoms with Crippen LogP contribution in [0.25, 0.3) is 0 Å². The van der Waals surface area contributed by atoms with Gasteiger partial charge in [0.15, 0.2) is 0 Å². The average molecular weight is 490 g/mol. The maximum absolute atomic E-state index is 14.0. The molecule has 0 N–H and O–H groups in total. The van der Waals surface area contributed by atoms with Gasteiger partial charge in [-0.15, -0.1) is 0 Å². The monoisotopic (exact) mass is 489 g/mol. The zero-order valence-corrected chi connectivity index (χ0v) is 21.7. The van der Waals surface area contributed by atoms with Crippen molar-refractivity contribution in [2.45, 2.75) is 104 Å². The quantitative estimate of drug-likeness (QED) is 0.398. The molecule has 5 rings (SSSR count). The van der Waals surface area contributed by atoms with Gasteiger partial charge in [0.05, 0.1) is 5.56 Å². The molecule has 4 aliphatic rings. The fourth-order valence-corrected chi connectivity index (χ4v) is 7.76. The van der Waals surface area contributed by atoms with Crippen molar-refractivity contribution in [2.75, 3.05) is 0 Å². The molecule has 1 heterocycles. The van der Waals surface area contributed by atoms with Crippen molar-refractivity contribution in [1.29, 1.82) is 0 Å². The lowest BCUT2D eigenvalue weighted by molar-refractivity contribution is -0.137. The normalized spacial score (nSPS) is 34.4. The molecule has 4 aliphatic carbocycles. The van der Waals surface area contributed by atoms with Crippen LogP contribution in [-0.2, 0) is 23.8 Å². The van der Waals surface area contributed by atoms with Crippen LogP contribution in [0.2, 0.25) is 0 Å². The van der Waals surface area contributed by atoms with E-state index in [0.717, 1.165) is 49.9 Å². The zero-order chi connectivity index (χ0) is 25.2. The van der Waals surface area contributed by atoms with Gasteiger partial charge in [-0.2, -0.15) is 13.2 Å². The first-order valence-electron chi connectivity index (χ1n) is 14.0. The van der Waals surface area contributed by atoms with Crippen molar-refractivity contribution in [1.82, 2.24) is 4.98 Å². The van der Waals surface area contributed by atoms with Crippen LogP contribution in [0.15, 0.2) is 24.4 Å². The SMILES string of the molecule is CC.C[C@@H]1CC=CCC[C@H]1C[C@@H]1C[C@H]2CCC[C@@]2(C(=O)C2CCc3ncc(C(F)(F)F)cc3C2)C1. The number of pyridine rings is 1. The maximum atomic E-state index is 14.0. The smallest absolute Gasteiger partial charge is 0.299 e. The molecule has 2 fully saturated rings. The minimum Gasteiger partial charge on any atom is -0.299 e. The van der Waals surface area contributed by atoms with Crippen LogP contribution >= 0.6 is 0 Å². The minimum atomic E-state index is -4.39. The van der Waals surface area contributed by atoms with Gasteiger partial charge in [-0.05, 0) is 106 Å². The Morgan fingerprint density at radius 2 is 1.97 bits per heavy atom. The molecule has 35 heavy (non-hydrogen) atoms. The summed E-state index contributed by atoms with van der Waals surface area (Å²) in [5, 5.41) is 0. The first-order chi connectivity index (χ1) is 16.8. The molecule has 194 valence electrons.